The first-order valence-corrected chi connectivity index (χ1v) is 6.13. The van der Waals surface area contributed by atoms with E-state index in [1.165, 1.54) is 0 Å². The van der Waals surface area contributed by atoms with Gasteiger partial charge in [-0.3, -0.25) is 14.8 Å². The van der Waals surface area contributed by atoms with E-state index < -0.39 is 17.4 Å². The van der Waals surface area contributed by atoms with Gasteiger partial charge in [-0.15, -0.1) is 0 Å². The molecule has 0 bridgehead atoms. The topological polar surface area (TPSA) is 78.4 Å². The number of nitrogens with one attached hydrogen (secondary N) is 2. The summed E-state index contributed by atoms with van der Waals surface area (Å²) in [5, 5.41) is 11.4. The first-order chi connectivity index (χ1) is 8.84. The highest BCUT2D eigenvalue weighted by molar-refractivity contribution is 5.89. The second-order valence-corrected chi connectivity index (χ2v) is 5.44. The number of hydrogen-bond donors (Lipinski definition) is 3. The first-order valence-electron chi connectivity index (χ1n) is 6.13. The molecule has 0 spiro atoms. The van der Waals surface area contributed by atoms with E-state index >= 15 is 0 Å². The molecule has 3 N–H and O–H groups in total. The maximum Gasteiger partial charge on any atom is 0.266 e. The zero-order chi connectivity index (χ0) is 14.5. The molecule has 0 aliphatic rings. The highest BCUT2D eigenvalue weighted by Gasteiger charge is 2.27. The Morgan fingerprint density at radius 3 is 2.26 bits per heavy atom. The zero-order valence-electron chi connectivity index (χ0n) is 11.4. The van der Waals surface area contributed by atoms with Crippen LogP contribution < -0.4 is 10.8 Å². The Balaban J connectivity index is 2.79. The van der Waals surface area contributed by atoms with Crippen molar-refractivity contribution in [2.45, 2.75) is 33.2 Å². The van der Waals surface area contributed by atoms with E-state index in [2.05, 4.69) is 5.32 Å². The van der Waals surface area contributed by atoms with Gasteiger partial charge >= 0.3 is 0 Å². The minimum absolute atomic E-state index is 0.239. The van der Waals surface area contributed by atoms with E-state index in [1.807, 2.05) is 30.3 Å². The van der Waals surface area contributed by atoms with Crippen LogP contribution in [0, 0.1) is 5.41 Å². The number of carbonyl (C=O) groups is 2. The summed E-state index contributed by atoms with van der Waals surface area (Å²) in [7, 11) is 0. The van der Waals surface area contributed by atoms with Crippen molar-refractivity contribution in [2.24, 2.45) is 5.41 Å². The normalized spacial score (nSPS) is 12.6. The monoisotopic (exact) mass is 264 g/mol. The van der Waals surface area contributed by atoms with Crippen molar-refractivity contribution in [1.82, 2.24) is 10.8 Å². The summed E-state index contributed by atoms with van der Waals surface area (Å²) in [6.45, 7) is 5.29. The highest BCUT2D eigenvalue weighted by atomic mass is 16.5. The van der Waals surface area contributed by atoms with Crippen LogP contribution in [0.15, 0.2) is 30.3 Å². The largest absolute Gasteiger partial charge is 0.343 e. The number of carbonyl (C=O) groups excluding carboxylic acids is 2. The van der Waals surface area contributed by atoms with Gasteiger partial charge in [-0.2, -0.15) is 0 Å². The van der Waals surface area contributed by atoms with Gasteiger partial charge in [0.05, 0.1) is 0 Å². The Morgan fingerprint density at radius 2 is 1.79 bits per heavy atom. The molecule has 0 saturated heterocycles. The molecule has 19 heavy (non-hydrogen) atoms. The third-order valence-electron chi connectivity index (χ3n) is 2.70. The third kappa shape index (κ3) is 4.71. The van der Waals surface area contributed by atoms with Crippen molar-refractivity contribution >= 4 is 11.8 Å². The fraction of sp³-hybridized carbons (Fsp3) is 0.429. The van der Waals surface area contributed by atoms with E-state index in [9.17, 15) is 9.59 Å². The maximum atomic E-state index is 11.9. The summed E-state index contributed by atoms with van der Waals surface area (Å²) in [5.74, 6) is -0.863. The molecule has 0 aliphatic heterocycles. The third-order valence-corrected chi connectivity index (χ3v) is 2.70. The molecule has 0 aromatic heterocycles. The van der Waals surface area contributed by atoms with Crippen LogP contribution in [-0.4, -0.2) is 23.1 Å². The fourth-order valence-corrected chi connectivity index (χ4v) is 1.51. The van der Waals surface area contributed by atoms with Crippen LogP contribution in [0.3, 0.4) is 0 Å². The van der Waals surface area contributed by atoms with Crippen molar-refractivity contribution < 1.29 is 14.8 Å². The standard InChI is InChI=1S/C14H20N2O3/c1-14(2,3)13(18)15-11(12(17)16-19)9-10-7-5-4-6-8-10/h4-8,11,19H,9H2,1-3H3,(H,15,18)(H,16,17). The molecular formula is C14H20N2O3. The van der Waals surface area contributed by atoms with Crippen LogP contribution in [-0.2, 0) is 16.0 Å². The predicted octanol–water partition coefficient (Wildman–Crippen LogP) is 1.27. The number of hydrogen-bond acceptors (Lipinski definition) is 3. The number of hydroxylamine groups is 1. The van der Waals surface area contributed by atoms with Crippen LogP contribution in [0.4, 0.5) is 0 Å². The van der Waals surface area contributed by atoms with Gasteiger partial charge in [0, 0.05) is 11.8 Å². The molecule has 2 amide bonds. The second kappa shape index (κ2) is 6.33. The predicted molar refractivity (Wildman–Crippen MR) is 71.5 cm³/mol. The molecule has 1 atom stereocenters. The molecule has 1 unspecified atom stereocenters. The van der Waals surface area contributed by atoms with Crippen LogP contribution in [0.25, 0.3) is 0 Å². The van der Waals surface area contributed by atoms with Gasteiger partial charge in [-0.25, -0.2) is 5.48 Å². The fourth-order valence-electron chi connectivity index (χ4n) is 1.51. The second-order valence-electron chi connectivity index (χ2n) is 5.44. The molecule has 0 radical (unpaired) electrons. The van der Waals surface area contributed by atoms with Crippen molar-refractivity contribution in [3.05, 3.63) is 35.9 Å². The van der Waals surface area contributed by atoms with E-state index in [-0.39, 0.29) is 5.91 Å². The van der Waals surface area contributed by atoms with Crippen LogP contribution >= 0.6 is 0 Å². The molecule has 104 valence electrons. The molecule has 0 aliphatic carbocycles. The molecule has 1 aromatic rings. The van der Waals surface area contributed by atoms with Gasteiger partial charge < -0.3 is 5.32 Å². The Bertz CT molecular complexity index is 438. The SMILES string of the molecule is CC(C)(C)C(=O)NC(Cc1ccccc1)C(=O)NO. The van der Waals surface area contributed by atoms with Crippen LogP contribution in [0.2, 0.25) is 0 Å². The number of benzene rings is 1. The van der Waals surface area contributed by atoms with Gasteiger partial charge in [0.2, 0.25) is 5.91 Å². The minimum atomic E-state index is -0.792. The van der Waals surface area contributed by atoms with E-state index in [0.29, 0.717) is 6.42 Å². The van der Waals surface area contributed by atoms with Crippen molar-refractivity contribution in [3.63, 3.8) is 0 Å². The molecule has 1 aromatic carbocycles. The summed E-state index contributed by atoms with van der Waals surface area (Å²) in [5.41, 5.74) is 1.90. The molecule has 5 heteroatoms. The Morgan fingerprint density at radius 1 is 1.21 bits per heavy atom. The lowest BCUT2D eigenvalue weighted by Crippen LogP contribution is -2.50. The molecule has 0 heterocycles. The lowest BCUT2D eigenvalue weighted by atomic mass is 9.94. The number of rotatable bonds is 4. The highest BCUT2D eigenvalue weighted by Crippen LogP contribution is 2.14. The van der Waals surface area contributed by atoms with Crippen molar-refractivity contribution in [1.29, 1.82) is 0 Å². The van der Waals surface area contributed by atoms with E-state index in [1.54, 1.807) is 26.3 Å². The quantitative estimate of drug-likeness (QED) is 0.566. The lowest BCUT2D eigenvalue weighted by molar-refractivity contribution is -0.137. The van der Waals surface area contributed by atoms with Gasteiger partial charge in [0.25, 0.3) is 5.91 Å². The van der Waals surface area contributed by atoms with Gasteiger partial charge in [0.15, 0.2) is 0 Å². The smallest absolute Gasteiger partial charge is 0.266 e. The van der Waals surface area contributed by atoms with Crippen LogP contribution in [0.1, 0.15) is 26.3 Å². The van der Waals surface area contributed by atoms with Crippen LogP contribution in [0.5, 0.6) is 0 Å². The average Bonchev–Trinajstić information content (AvgIpc) is 2.37. The molecule has 5 nitrogen and oxygen atoms in total. The summed E-state index contributed by atoms with van der Waals surface area (Å²) < 4.78 is 0. The summed E-state index contributed by atoms with van der Waals surface area (Å²) in [6, 6.07) is 8.52. The summed E-state index contributed by atoms with van der Waals surface area (Å²) in [4.78, 5) is 23.5. The van der Waals surface area contributed by atoms with Crippen molar-refractivity contribution in [2.75, 3.05) is 0 Å². The summed E-state index contributed by atoms with van der Waals surface area (Å²) >= 11 is 0. The van der Waals surface area contributed by atoms with Gasteiger partial charge in [-0.05, 0) is 5.56 Å². The van der Waals surface area contributed by atoms with Crippen molar-refractivity contribution in [3.8, 4) is 0 Å². The molecular weight excluding hydrogens is 244 g/mol. The van der Waals surface area contributed by atoms with E-state index in [0.717, 1.165) is 5.56 Å². The minimum Gasteiger partial charge on any atom is -0.343 e. The van der Waals surface area contributed by atoms with Gasteiger partial charge in [-0.1, -0.05) is 51.1 Å². The molecule has 0 saturated carbocycles. The molecule has 0 fully saturated rings. The first kappa shape index (κ1) is 15.2. The Kier molecular flexibility index (Phi) is 5.06. The van der Waals surface area contributed by atoms with Gasteiger partial charge in [0.1, 0.15) is 6.04 Å². The number of amides is 2. The van der Waals surface area contributed by atoms with E-state index in [4.69, 9.17) is 5.21 Å². The average molecular weight is 264 g/mol. The molecule has 1 rings (SSSR count). The Labute approximate surface area is 113 Å². The lowest BCUT2D eigenvalue weighted by Gasteiger charge is -2.23. The Hall–Kier alpha value is -1.88. The zero-order valence-corrected chi connectivity index (χ0v) is 11.4. The maximum absolute atomic E-state index is 11.9. The summed E-state index contributed by atoms with van der Waals surface area (Å²) in [6.07, 6.45) is 0.328.